The van der Waals surface area contributed by atoms with Crippen molar-refractivity contribution in [3.8, 4) is 0 Å². The van der Waals surface area contributed by atoms with Crippen LogP contribution in [0.15, 0.2) is 18.2 Å². The number of rotatable bonds is 4. The average Bonchev–Trinajstić information content (AvgIpc) is 2.14. The molecule has 1 rings (SSSR count). The molecule has 0 heterocycles. The number of nitro groups is 1. The molecule has 1 aromatic carbocycles. The predicted octanol–water partition coefficient (Wildman–Crippen LogP) is 0.664. The normalized spacial score (nSPS) is 10.9. The maximum Gasteiger partial charge on any atom is 0.335 e. The number of carboxylic acid groups (broad SMARTS) is 1. The molecule has 8 nitrogen and oxygen atoms in total. The number of hydrogen-bond acceptors (Lipinski definition) is 5. The third-order valence-electron chi connectivity index (χ3n) is 1.74. The van der Waals surface area contributed by atoms with Gasteiger partial charge in [-0.2, -0.15) is 0 Å². The first kappa shape index (κ1) is 12.9. The van der Waals surface area contributed by atoms with Crippen LogP contribution >= 0.6 is 0 Å². The van der Waals surface area contributed by atoms with Crippen molar-refractivity contribution in [2.24, 2.45) is 0 Å². The van der Waals surface area contributed by atoms with Crippen LogP contribution in [0.1, 0.15) is 10.4 Å². The molecule has 0 atom stereocenters. The van der Waals surface area contributed by atoms with E-state index in [-0.39, 0.29) is 11.3 Å². The lowest BCUT2D eigenvalue weighted by molar-refractivity contribution is -0.383. The molecule has 0 saturated heterocycles. The molecule has 1 aromatic rings. The number of sulfonamides is 1. The van der Waals surface area contributed by atoms with Gasteiger partial charge >= 0.3 is 5.97 Å². The van der Waals surface area contributed by atoms with Gasteiger partial charge in [-0.3, -0.25) is 14.8 Å². The van der Waals surface area contributed by atoms with Crippen LogP contribution in [0.5, 0.6) is 0 Å². The minimum atomic E-state index is -3.67. The van der Waals surface area contributed by atoms with Crippen molar-refractivity contribution in [1.82, 2.24) is 0 Å². The lowest BCUT2D eigenvalue weighted by Crippen LogP contribution is -2.11. The number of nitrogens with zero attached hydrogens (tertiary/aromatic N) is 1. The van der Waals surface area contributed by atoms with Crippen molar-refractivity contribution in [3.05, 3.63) is 33.9 Å². The number of aromatic carboxylic acids is 1. The lowest BCUT2D eigenvalue weighted by atomic mass is 10.2. The van der Waals surface area contributed by atoms with E-state index < -0.39 is 26.6 Å². The van der Waals surface area contributed by atoms with Gasteiger partial charge in [0.15, 0.2) is 0 Å². The molecule has 0 bridgehead atoms. The maximum atomic E-state index is 10.9. The summed E-state index contributed by atoms with van der Waals surface area (Å²) in [7, 11) is -3.67. The molecule has 0 aliphatic heterocycles. The summed E-state index contributed by atoms with van der Waals surface area (Å²) in [4.78, 5) is 20.4. The van der Waals surface area contributed by atoms with Gasteiger partial charge in [-0.1, -0.05) is 0 Å². The fourth-order valence-corrected chi connectivity index (χ4v) is 1.67. The molecule has 0 unspecified atom stereocenters. The quantitative estimate of drug-likeness (QED) is 0.604. The van der Waals surface area contributed by atoms with E-state index in [2.05, 4.69) is 0 Å². The molecule has 0 fully saturated rings. The predicted molar refractivity (Wildman–Crippen MR) is 58.5 cm³/mol. The Bertz CT molecular complexity index is 580. The standard InChI is InChI=1S/C8H8N2O6S/c1-17(15,16)9-6-3-2-5(8(11)12)4-7(6)10(13)14/h2-4,9H,1H3,(H,11,12). The first-order valence-corrected chi connectivity index (χ1v) is 6.09. The summed E-state index contributed by atoms with van der Waals surface area (Å²) in [5.74, 6) is -1.33. The zero-order valence-corrected chi connectivity index (χ0v) is 9.39. The zero-order chi connectivity index (χ0) is 13.2. The molecule has 0 aliphatic carbocycles. The Kier molecular flexibility index (Phi) is 3.32. The SMILES string of the molecule is CS(=O)(=O)Nc1ccc(C(=O)O)cc1[N+](=O)[O-]. The number of anilines is 1. The van der Waals surface area contributed by atoms with Gasteiger partial charge in [-0.15, -0.1) is 0 Å². The number of nitrogens with one attached hydrogen (secondary N) is 1. The van der Waals surface area contributed by atoms with E-state index in [4.69, 9.17) is 5.11 Å². The van der Waals surface area contributed by atoms with Gasteiger partial charge in [0.2, 0.25) is 10.0 Å². The van der Waals surface area contributed by atoms with Crippen molar-refractivity contribution in [2.45, 2.75) is 0 Å². The number of benzene rings is 1. The molecule has 0 aliphatic rings. The molecule has 92 valence electrons. The highest BCUT2D eigenvalue weighted by molar-refractivity contribution is 7.92. The Morgan fingerprint density at radius 3 is 2.47 bits per heavy atom. The van der Waals surface area contributed by atoms with Crippen LogP contribution < -0.4 is 4.72 Å². The van der Waals surface area contributed by atoms with Crippen molar-refractivity contribution in [1.29, 1.82) is 0 Å². The molecule has 2 N–H and O–H groups in total. The second kappa shape index (κ2) is 4.37. The number of carbonyl (C=O) groups is 1. The first-order valence-electron chi connectivity index (χ1n) is 4.20. The van der Waals surface area contributed by atoms with Crippen LogP contribution in [0, 0.1) is 10.1 Å². The van der Waals surface area contributed by atoms with E-state index in [1.165, 1.54) is 0 Å². The second-order valence-corrected chi connectivity index (χ2v) is 4.92. The van der Waals surface area contributed by atoms with Gasteiger partial charge < -0.3 is 5.11 Å². The fraction of sp³-hybridized carbons (Fsp3) is 0.125. The lowest BCUT2D eigenvalue weighted by Gasteiger charge is -2.05. The van der Waals surface area contributed by atoms with Crippen molar-refractivity contribution in [2.75, 3.05) is 11.0 Å². The molecule has 9 heteroatoms. The third kappa shape index (κ3) is 3.41. The smallest absolute Gasteiger partial charge is 0.335 e. The highest BCUT2D eigenvalue weighted by Gasteiger charge is 2.19. The van der Waals surface area contributed by atoms with E-state index in [0.717, 1.165) is 24.5 Å². The maximum absolute atomic E-state index is 10.9. The van der Waals surface area contributed by atoms with Gasteiger partial charge in [0.05, 0.1) is 16.7 Å². The van der Waals surface area contributed by atoms with E-state index >= 15 is 0 Å². The van der Waals surface area contributed by atoms with Crippen molar-refractivity contribution in [3.63, 3.8) is 0 Å². The van der Waals surface area contributed by atoms with E-state index in [0.29, 0.717) is 0 Å². The Labute approximate surface area is 96.1 Å². The van der Waals surface area contributed by atoms with Crippen molar-refractivity contribution >= 4 is 27.4 Å². The highest BCUT2D eigenvalue weighted by atomic mass is 32.2. The van der Waals surface area contributed by atoms with E-state index in [9.17, 15) is 23.3 Å². The van der Waals surface area contributed by atoms with Gasteiger partial charge in [-0.05, 0) is 12.1 Å². The Hall–Kier alpha value is -2.16. The molecular weight excluding hydrogens is 252 g/mol. The van der Waals surface area contributed by atoms with Gasteiger partial charge in [0, 0.05) is 6.07 Å². The molecule has 0 saturated carbocycles. The topological polar surface area (TPSA) is 127 Å². The third-order valence-corrected chi connectivity index (χ3v) is 2.33. The monoisotopic (exact) mass is 260 g/mol. The van der Waals surface area contributed by atoms with Gasteiger partial charge in [-0.25, -0.2) is 13.2 Å². The largest absolute Gasteiger partial charge is 0.478 e. The zero-order valence-electron chi connectivity index (χ0n) is 8.58. The summed E-state index contributed by atoms with van der Waals surface area (Å²) in [6.45, 7) is 0. The van der Waals surface area contributed by atoms with E-state index in [1.54, 1.807) is 0 Å². The van der Waals surface area contributed by atoms with Crippen LogP contribution in [0.2, 0.25) is 0 Å². The average molecular weight is 260 g/mol. The van der Waals surface area contributed by atoms with Gasteiger partial charge in [0.25, 0.3) is 5.69 Å². The van der Waals surface area contributed by atoms with Crippen molar-refractivity contribution < 1.29 is 23.2 Å². The minimum Gasteiger partial charge on any atom is -0.478 e. The number of nitro benzene ring substituents is 1. The molecule has 0 aromatic heterocycles. The van der Waals surface area contributed by atoms with Crippen LogP contribution in [-0.2, 0) is 10.0 Å². The molecular formula is C8H8N2O6S. The van der Waals surface area contributed by atoms with Crippen LogP contribution in [-0.4, -0.2) is 30.7 Å². The van der Waals surface area contributed by atoms with Gasteiger partial charge in [0.1, 0.15) is 5.69 Å². The number of carboxylic acids is 1. The number of hydrogen-bond donors (Lipinski definition) is 2. The van der Waals surface area contributed by atoms with E-state index in [1.807, 2.05) is 4.72 Å². The molecule has 0 amide bonds. The Balaban J connectivity index is 3.32. The van der Waals surface area contributed by atoms with Crippen LogP contribution in [0.4, 0.5) is 11.4 Å². The summed E-state index contributed by atoms with van der Waals surface area (Å²) in [5.41, 5.74) is -1.19. The minimum absolute atomic E-state index is 0.275. The summed E-state index contributed by atoms with van der Waals surface area (Å²) in [6.07, 6.45) is 0.835. The summed E-state index contributed by atoms with van der Waals surface area (Å²) in [6, 6.07) is 2.89. The van der Waals surface area contributed by atoms with Crippen LogP contribution in [0.25, 0.3) is 0 Å². The molecule has 17 heavy (non-hydrogen) atoms. The summed E-state index contributed by atoms with van der Waals surface area (Å²) in [5, 5.41) is 19.3. The summed E-state index contributed by atoms with van der Waals surface area (Å²) < 4.78 is 23.8. The first-order chi connectivity index (χ1) is 7.70. The highest BCUT2D eigenvalue weighted by Crippen LogP contribution is 2.26. The van der Waals surface area contributed by atoms with Crippen LogP contribution in [0.3, 0.4) is 0 Å². The second-order valence-electron chi connectivity index (χ2n) is 3.17. The Morgan fingerprint density at radius 2 is 2.06 bits per heavy atom. The molecule has 0 radical (unpaired) electrons. The molecule has 0 spiro atoms. The summed E-state index contributed by atoms with van der Waals surface area (Å²) >= 11 is 0. The fourth-order valence-electron chi connectivity index (χ4n) is 1.10. The Morgan fingerprint density at radius 1 is 1.47 bits per heavy atom.